The lowest BCUT2D eigenvalue weighted by Crippen LogP contribution is -2.37. The number of allylic oxidation sites excluding steroid dienone is 1. The highest BCUT2D eigenvalue weighted by molar-refractivity contribution is 5.62. The van der Waals surface area contributed by atoms with Gasteiger partial charge in [0, 0.05) is 19.2 Å². The summed E-state index contributed by atoms with van der Waals surface area (Å²) in [7, 11) is 0. The third-order valence-electron chi connectivity index (χ3n) is 4.92. The molecule has 0 aliphatic carbocycles. The van der Waals surface area contributed by atoms with Gasteiger partial charge in [-0.3, -0.25) is 9.89 Å². The molecule has 24 heavy (non-hydrogen) atoms. The van der Waals surface area contributed by atoms with Crippen molar-refractivity contribution in [3.63, 3.8) is 0 Å². The Morgan fingerprint density at radius 1 is 1.00 bits per heavy atom. The van der Waals surface area contributed by atoms with Crippen LogP contribution in [0.3, 0.4) is 0 Å². The minimum absolute atomic E-state index is 0.138. The Bertz CT molecular complexity index is 339. The summed E-state index contributed by atoms with van der Waals surface area (Å²) in [5.41, 5.74) is 0. The minimum atomic E-state index is -0.405. The normalized spacial score (nSPS) is 19.5. The molecule has 0 fully saturated rings. The molecule has 0 radical (unpaired) electrons. The van der Waals surface area contributed by atoms with Crippen molar-refractivity contribution in [3.05, 3.63) is 12.2 Å². The smallest absolute Gasteiger partial charge is 0.107 e. The Labute approximate surface area is 150 Å². The third kappa shape index (κ3) is 10.2. The van der Waals surface area contributed by atoms with Gasteiger partial charge < -0.3 is 5.11 Å². The standard InChI is InChI=1S/C21H40N2O/c1-3-4-5-6-7-8-9-10-11-12-13-14-15-16-17-21-22-18-19-23(21)20(2)24/h15-16,18,20-21,24H,3-14,17,19H2,1-2H3/b16-15+. The maximum Gasteiger partial charge on any atom is 0.107 e. The fraction of sp³-hybridized carbons (Fsp3) is 0.857. The predicted molar refractivity (Wildman–Crippen MR) is 106 cm³/mol. The first-order valence-electron chi connectivity index (χ1n) is 10.4. The molecular formula is C21H40N2O. The molecule has 3 heteroatoms. The molecule has 3 nitrogen and oxygen atoms in total. The molecule has 1 heterocycles. The van der Waals surface area contributed by atoms with Gasteiger partial charge in [-0.2, -0.15) is 0 Å². The van der Waals surface area contributed by atoms with Gasteiger partial charge in [-0.25, -0.2) is 0 Å². The van der Waals surface area contributed by atoms with Gasteiger partial charge in [0.25, 0.3) is 0 Å². The van der Waals surface area contributed by atoms with Crippen molar-refractivity contribution < 1.29 is 5.11 Å². The average molecular weight is 337 g/mol. The Morgan fingerprint density at radius 2 is 1.58 bits per heavy atom. The van der Waals surface area contributed by atoms with Crippen LogP contribution in [0.2, 0.25) is 0 Å². The summed E-state index contributed by atoms with van der Waals surface area (Å²) in [6.07, 6.45) is 23.7. The summed E-state index contributed by atoms with van der Waals surface area (Å²) in [6.45, 7) is 4.87. The molecular weight excluding hydrogens is 296 g/mol. The second-order valence-corrected chi connectivity index (χ2v) is 7.17. The lowest BCUT2D eigenvalue weighted by atomic mass is 10.1. The number of rotatable bonds is 15. The van der Waals surface area contributed by atoms with Crippen LogP contribution in [0.4, 0.5) is 0 Å². The predicted octanol–water partition coefficient (Wildman–Crippen LogP) is 5.68. The fourth-order valence-corrected chi connectivity index (χ4v) is 3.33. The molecule has 0 aromatic rings. The van der Waals surface area contributed by atoms with Gasteiger partial charge in [0.2, 0.25) is 0 Å². The summed E-state index contributed by atoms with van der Waals surface area (Å²) < 4.78 is 0. The zero-order valence-corrected chi connectivity index (χ0v) is 16.1. The van der Waals surface area contributed by atoms with Gasteiger partial charge in [0.1, 0.15) is 12.4 Å². The molecule has 2 unspecified atom stereocenters. The monoisotopic (exact) mass is 336 g/mol. The summed E-state index contributed by atoms with van der Waals surface area (Å²) in [5.74, 6) is 0. The largest absolute Gasteiger partial charge is 0.379 e. The quantitative estimate of drug-likeness (QED) is 0.308. The van der Waals surface area contributed by atoms with Crippen molar-refractivity contribution in [1.29, 1.82) is 0 Å². The number of hydrogen-bond acceptors (Lipinski definition) is 3. The molecule has 0 saturated carbocycles. The van der Waals surface area contributed by atoms with E-state index in [0.717, 1.165) is 13.0 Å². The topological polar surface area (TPSA) is 35.8 Å². The second kappa shape index (κ2) is 14.7. The van der Waals surface area contributed by atoms with E-state index in [2.05, 4.69) is 24.1 Å². The summed E-state index contributed by atoms with van der Waals surface area (Å²) in [5, 5.41) is 9.66. The Morgan fingerprint density at radius 3 is 2.17 bits per heavy atom. The van der Waals surface area contributed by atoms with E-state index < -0.39 is 6.23 Å². The lowest BCUT2D eigenvalue weighted by Gasteiger charge is -2.24. The average Bonchev–Trinajstić information content (AvgIpc) is 3.04. The summed E-state index contributed by atoms with van der Waals surface area (Å²) >= 11 is 0. The van der Waals surface area contributed by atoms with Crippen molar-refractivity contribution in [3.8, 4) is 0 Å². The minimum Gasteiger partial charge on any atom is -0.379 e. The van der Waals surface area contributed by atoms with Crippen molar-refractivity contribution >= 4 is 6.21 Å². The Balaban J connectivity index is 1.86. The molecule has 0 spiro atoms. The van der Waals surface area contributed by atoms with Gasteiger partial charge in [-0.05, 0) is 19.8 Å². The zero-order valence-electron chi connectivity index (χ0n) is 16.1. The van der Waals surface area contributed by atoms with Crippen molar-refractivity contribution in [1.82, 2.24) is 4.90 Å². The van der Waals surface area contributed by atoms with Crippen LogP contribution in [-0.4, -0.2) is 35.2 Å². The molecule has 1 N–H and O–H groups in total. The molecule has 2 atom stereocenters. The van der Waals surface area contributed by atoms with E-state index in [9.17, 15) is 5.11 Å². The zero-order chi connectivity index (χ0) is 17.5. The van der Waals surface area contributed by atoms with Crippen LogP contribution in [0.15, 0.2) is 17.1 Å². The highest BCUT2D eigenvalue weighted by atomic mass is 16.3. The van der Waals surface area contributed by atoms with E-state index in [1.165, 1.54) is 77.0 Å². The van der Waals surface area contributed by atoms with Crippen LogP contribution in [0.5, 0.6) is 0 Å². The molecule has 140 valence electrons. The first kappa shape index (κ1) is 21.4. The molecule has 1 rings (SSSR count). The SMILES string of the molecule is CCCCCCCCCCCCC/C=C/CC1N=CCN1C(C)O. The van der Waals surface area contributed by atoms with Crippen LogP contribution in [0.25, 0.3) is 0 Å². The van der Waals surface area contributed by atoms with Gasteiger partial charge in [-0.1, -0.05) is 83.3 Å². The molecule has 0 amide bonds. The number of aliphatic imine (C=N–C) groups is 1. The van der Waals surface area contributed by atoms with Gasteiger partial charge in [0.15, 0.2) is 0 Å². The molecule has 0 bridgehead atoms. The summed E-state index contributed by atoms with van der Waals surface area (Å²) in [4.78, 5) is 6.45. The number of nitrogens with zero attached hydrogens (tertiary/aromatic N) is 2. The first-order valence-corrected chi connectivity index (χ1v) is 10.4. The van der Waals surface area contributed by atoms with Gasteiger partial charge in [-0.15, -0.1) is 0 Å². The fourth-order valence-electron chi connectivity index (χ4n) is 3.33. The lowest BCUT2D eigenvalue weighted by molar-refractivity contribution is 0.0106. The van der Waals surface area contributed by atoms with E-state index in [1.807, 2.05) is 18.0 Å². The second-order valence-electron chi connectivity index (χ2n) is 7.17. The van der Waals surface area contributed by atoms with Gasteiger partial charge in [0.05, 0.1) is 0 Å². The van der Waals surface area contributed by atoms with E-state index >= 15 is 0 Å². The first-order chi connectivity index (χ1) is 11.8. The van der Waals surface area contributed by atoms with Crippen molar-refractivity contribution in [2.24, 2.45) is 4.99 Å². The van der Waals surface area contributed by atoms with Crippen LogP contribution in [0, 0.1) is 0 Å². The molecule has 1 aliphatic heterocycles. The third-order valence-corrected chi connectivity index (χ3v) is 4.92. The van der Waals surface area contributed by atoms with Crippen LogP contribution >= 0.6 is 0 Å². The van der Waals surface area contributed by atoms with Crippen molar-refractivity contribution in [2.45, 2.75) is 110 Å². The Hall–Kier alpha value is -0.670. The highest BCUT2D eigenvalue weighted by Crippen LogP contribution is 2.15. The number of hydrogen-bond donors (Lipinski definition) is 1. The van der Waals surface area contributed by atoms with E-state index in [4.69, 9.17) is 0 Å². The summed E-state index contributed by atoms with van der Waals surface area (Å²) in [6, 6.07) is 0. The molecule has 0 aromatic carbocycles. The number of unbranched alkanes of at least 4 members (excludes halogenated alkanes) is 11. The van der Waals surface area contributed by atoms with E-state index in [1.54, 1.807) is 0 Å². The van der Waals surface area contributed by atoms with Crippen LogP contribution in [-0.2, 0) is 0 Å². The maximum absolute atomic E-state index is 9.66. The molecule has 1 aliphatic rings. The van der Waals surface area contributed by atoms with E-state index in [-0.39, 0.29) is 6.17 Å². The Kier molecular flexibility index (Phi) is 13.1. The van der Waals surface area contributed by atoms with Crippen molar-refractivity contribution in [2.75, 3.05) is 6.54 Å². The van der Waals surface area contributed by atoms with Crippen LogP contribution in [0.1, 0.15) is 97.3 Å². The maximum atomic E-state index is 9.66. The highest BCUT2D eigenvalue weighted by Gasteiger charge is 2.22. The molecule has 0 saturated heterocycles. The van der Waals surface area contributed by atoms with Gasteiger partial charge >= 0.3 is 0 Å². The van der Waals surface area contributed by atoms with E-state index in [0.29, 0.717) is 0 Å². The van der Waals surface area contributed by atoms with Crippen LogP contribution < -0.4 is 0 Å². The number of aliphatic hydroxyl groups excluding tert-OH is 1. The molecule has 0 aromatic heterocycles. The number of aliphatic hydroxyl groups is 1.